The van der Waals surface area contributed by atoms with Crippen molar-refractivity contribution in [1.82, 2.24) is 19.9 Å². The molecule has 1 fully saturated rings. The molecule has 0 amide bonds. The number of hydrogen-bond donors (Lipinski definition) is 2. The summed E-state index contributed by atoms with van der Waals surface area (Å²) in [6.07, 6.45) is 2.70. The molecular weight excluding hydrogens is 451 g/mol. The summed E-state index contributed by atoms with van der Waals surface area (Å²) in [5, 5.41) is 15.0. The number of nitro groups is 1. The number of non-ortho nitro benzene ring substituents is 1. The Labute approximate surface area is 201 Å². The Kier molecular flexibility index (Phi) is 6.28. The van der Waals surface area contributed by atoms with Crippen LogP contribution in [-0.4, -0.2) is 51.1 Å². The largest absolute Gasteiger partial charge is 0.438 e. The van der Waals surface area contributed by atoms with Gasteiger partial charge in [0.25, 0.3) is 5.69 Å². The van der Waals surface area contributed by atoms with E-state index in [9.17, 15) is 14.5 Å². The lowest BCUT2D eigenvalue weighted by Gasteiger charge is -2.38. The lowest BCUT2D eigenvalue weighted by atomic mass is 9.91. The maximum absolute atomic E-state index is 12.4. The first-order chi connectivity index (χ1) is 17.0. The molecule has 1 aliphatic rings. The first-order valence-corrected chi connectivity index (χ1v) is 11.4. The van der Waals surface area contributed by atoms with Gasteiger partial charge in [-0.15, -0.1) is 0 Å². The quantitative estimate of drug-likeness (QED) is 0.254. The summed E-state index contributed by atoms with van der Waals surface area (Å²) in [7, 11) is 0. The van der Waals surface area contributed by atoms with E-state index in [-0.39, 0.29) is 18.2 Å². The summed E-state index contributed by atoms with van der Waals surface area (Å²) in [5.41, 5.74) is 3.69. The molecular formula is C25H25FN6O3. The second kappa shape index (κ2) is 9.67. The number of aromatic nitrogens is 3. The maximum Gasteiger partial charge on any atom is 0.273 e. The molecule has 35 heavy (non-hydrogen) atoms. The minimum Gasteiger partial charge on any atom is -0.438 e. The predicted molar refractivity (Wildman–Crippen MR) is 131 cm³/mol. The van der Waals surface area contributed by atoms with E-state index in [1.807, 2.05) is 13.0 Å². The average molecular weight is 477 g/mol. The van der Waals surface area contributed by atoms with E-state index in [0.717, 1.165) is 30.8 Å². The highest BCUT2D eigenvalue weighted by Gasteiger charge is 2.26. The molecule has 0 bridgehead atoms. The molecule has 0 atom stereocenters. The fourth-order valence-corrected chi connectivity index (χ4v) is 4.37. The number of aryl methyl sites for hydroxylation is 1. The van der Waals surface area contributed by atoms with Crippen LogP contribution >= 0.6 is 0 Å². The van der Waals surface area contributed by atoms with E-state index in [1.54, 1.807) is 24.4 Å². The average Bonchev–Trinajstić information content (AvgIpc) is 3.29. The Morgan fingerprint density at radius 3 is 2.86 bits per heavy atom. The molecule has 5 rings (SSSR count). The minimum absolute atomic E-state index is 0.0621. The standard InChI is InChI=1S/C25H25FN6O3/c1-16-11-17(12-18-14-31(15-18)10-8-26)5-6-22(16)28-25-29-23-21(7-9-27-23)24(30-25)35-20-4-2-3-19(13-20)32(33)34/h2-7,9,11,13,18H,8,10,12,14-15H2,1H3,(H2,27,28,29,30). The molecule has 0 unspecified atom stereocenters. The molecule has 0 aliphatic carbocycles. The highest BCUT2D eigenvalue weighted by Crippen LogP contribution is 2.31. The maximum atomic E-state index is 12.4. The van der Waals surface area contributed by atoms with Crippen molar-refractivity contribution in [3.05, 3.63) is 76.0 Å². The van der Waals surface area contributed by atoms with E-state index in [2.05, 4.69) is 37.3 Å². The first kappa shape index (κ1) is 22.7. The Hall–Kier alpha value is -4.05. The highest BCUT2D eigenvalue weighted by molar-refractivity contribution is 5.82. The van der Waals surface area contributed by atoms with E-state index in [0.29, 0.717) is 35.2 Å². The van der Waals surface area contributed by atoms with Crippen LogP contribution in [0.15, 0.2) is 54.7 Å². The number of nitro benzene ring substituents is 1. The van der Waals surface area contributed by atoms with Crippen LogP contribution in [0.1, 0.15) is 11.1 Å². The van der Waals surface area contributed by atoms with E-state index in [4.69, 9.17) is 4.74 Å². The molecule has 2 aromatic heterocycles. The third-order valence-electron chi connectivity index (χ3n) is 6.12. The van der Waals surface area contributed by atoms with Gasteiger partial charge in [0, 0.05) is 37.6 Å². The number of nitrogens with one attached hydrogen (secondary N) is 2. The summed E-state index contributed by atoms with van der Waals surface area (Å²) in [6, 6.07) is 14.0. The van der Waals surface area contributed by atoms with Crippen molar-refractivity contribution >= 4 is 28.4 Å². The van der Waals surface area contributed by atoms with Crippen molar-refractivity contribution in [3.8, 4) is 11.6 Å². The SMILES string of the molecule is Cc1cc(CC2CN(CCF)C2)ccc1Nc1nc(Oc2cccc([N+](=O)[O-])c2)c2cc[nH]c2n1. The summed E-state index contributed by atoms with van der Waals surface area (Å²) < 4.78 is 18.4. The number of fused-ring (bicyclic) bond motifs is 1. The predicted octanol–water partition coefficient (Wildman–Crippen LogP) is 5.15. The third kappa shape index (κ3) is 5.07. The third-order valence-corrected chi connectivity index (χ3v) is 6.12. The van der Waals surface area contributed by atoms with Gasteiger partial charge in [-0.25, -0.2) is 4.39 Å². The van der Waals surface area contributed by atoms with Crippen LogP contribution in [-0.2, 0) is 6.42 Å². The van der Waals surface area contributed by atoms with Crippen LogP contribution in [0.3, 0.4) is 0 Å². The van der Waals surface area contributed by atoms with Crippen LogP contribution in [0.25, 0.3) is 11.0 Å². The normalized spacial score (nSPS) is 14.1. The monoisotopic (exact) mass is 476 g/mol. The summed E-state index contributed by atoms with van der Waals surface area (Å²) in [5.74, 6) is 1.51. The molecule has 2 aromatic carbocycles. The molecule has 0 saturated carbocycles. The molecule has 180 valence electrons. The van der Waals surface area contributed by atoms with E-state index < -0.39 is 4.92 Å². The smallest absolute Gasteiger partial charge is 0.273 e. The van der Waals surface area contributed by atoms with Crippen LogP contribution in [0, 0.1) is 23.0 Å². The molecule has 9 nitrogen and oxygen atoms in total. The minimum atomic E-state index is -0.469. The van der Waals surface area contributed by atoms with Crippen molar-refractivity contribution in [2.75, 3.05) is 31.6 Å². The Morgan fingerprint density at radius 1 is 1.23 bits per heavy atom. The van der Waals surface area contributed by atoms with Crippen LogP contribution in [0.2, 0.25) is 0 Å². The van der Waals surface area contributed by atoms with Crippen LogP contribution in [0.5, 0.6) is 11.6 Å². The Bertz CT molecular complexity index is 1370. The molecule has 2 N–H and O–H groups in total. The number of ether oxygens (including phenoxy) is 1. The van der Waals surface area contributed by atoms with Crippen molar-refractivity contribution in [3.63, 3.8) is 0 Å². The van der Waals surface area contributed by atoms with E-state index in [1.165, 1.54) is 17.7 Å². The Balaban J connectivity index is 1.33. The number of aromatic amines is 1. The van der Waals surface area contributed by atoms with Gasteiger partial charge in [-0.3, -0.25) is 10.1 Å². The van der Waals surface area contributed by atoms with Gasteiger partial charge in [0.2, 0.25) is 11.8 Å². The van der Waals surface area contributed by atoms with Gasteiger partial charge in [-0.2, -0.15) is 9.97 Å². The van der Waals surface area contributed by atoms with Gasteiger partial charge < -0.3 is 19.9 Å². The van der Waals surface area contributed by atoms with Crippen molar-refractivity contribution < 1.29 is 14.1 Å². The van der Waals surface area contributed by atoms with Crippen molar-refractivity contribution in [1.29, 1.82) is 0 Å². The molecule has 1 aliphatic heterocycles. The number of H-pyrrole nitrogens is 1. The molecule has 3 heterocycles. The number of rotatable bonds is 9. The zero-order chi connectivity index (χ0) is 24.4. The summed E-state index contributed by atoms with van der Waals surface area (Å²) in [4.78, 5) is 24.9. The number of anilines is 2. The molecule has 0 spiro atoms. The van der Waals surface area contributed by atoms with Crippen molar-refractivity contribution in [2.24, 2.45) is 5.92 Å². The lowest BCUT2D eigenvalue weighted by Crippen LogP contribution is -2.48. The fraction of sp³-hybridized carbons (Fsp3) is 0.280. The number of nitrogens with zero attached hydrogens (tertiary/aromatic N) is 4. The second-order valence-electron chi connectivity index (χ2n) is 8.74. The van der Waals surface area contributed by atoms with Crippen LogP contribution in [0.4, 0.5) is 21.7 Å². The van der Waals surface area contributed by atoms with Gasteiger partial charge in [-0.1, -0.05) is 18.2 Å². The van der Waals surface area contributed by atoms with Gasteiger partial charge >= 0.3 is 0 Å². The molecule has 0 radical (unpaired) electrons. The second-order valence-corrected chi connectivity index (χ2v) is 8.74. The summed E-state index contributed by atoms with van der Waals surface area (Å²) in [6.45, 7) is 4.15. The fourth-order valence-electron chi connectivity index (χ4n) is 4.37. The topological polar surface area (TPSA) is 109 Å². The lowest BCUT2D eigenvalue weighted by molar-refractivity contribution is -0.384. The number of alkyl halides is 1. The molecule has 10 heteroatoms. The number of likely N-dealkylation sites (tertiary alicyclic amines) is 1. The van der Waals surface area contributed by atoms with Gasteiger partial charge in [0.05, 0.1) is 16.4 Å². The zero-order valence-electron chi connectivity index (χ0n) is 19.2. The first-order valence-electron chi connectivity index (χ1n) is 11.4. The zero-order valence-corrected chi connectivity index (χ0v) is 19.2. The number of halogens is 1. The molecule has 1 saturated heterocycles. The molecule has 4 aromatic rings. The van der Waals surface area contributed by atoms with Gasteiger partial charge in [0.1, 0.15) is 18.1 Å². The van der Waals surface area contributed by atoms with Crippen molar-refractivity contribution in [2.45, 2.75) is 13.3 Å². The number of hydrogen-bond acceptors (Lipinski definition) is 7. The highest BCUT2D eigenvalue weighted by atomic mass is 19.1. The number of benzene rings is 2. The Morgan fingerprint density at radius 2 is 2.09 bits per heavy atom. The van der Waals surface area contributed by atoms with Crippen LogP contribution < -0.4 is 10.1 Å². The van der Waals surface area contributed by atoms with Gasteiger partial charge in [-0.05, 0) is 48.6 Å². The van der Waals surface area contributed by atoms with Gasteiger partial charge in [0.15, 0.2) is 0 Å². The van der Waals surface area contributed by atoms with E-state index >= 15 is 0 Å². The summed E-state index contributed by atoms with van der Waals surface area (Å²) >= 11 is 0.